The minimum Gasteiger partial charge on any atom is -0.487 e. The minimum absolute atomic E-state index is 0.285. The molecule has 3 nitrogen and oxygen atoms in total. The quantitative estimate of drug-likeness (QED) is 0.656. The van der Waals surface area contributed by atoms with Gasteiger partial charge in [-0.05, 0) is 19.9 Å². The summed E-state index contributed by atoms with van der Waals surface area (Å²) in [6, 6.07) is 9.10. The summed E-state index contributed by atoms with van der Waals surface area (Å²) in [5.41, 5.74) is -1.39. The maximum atomic E-state index is 10.2. The molecule has 1 aliphatic rings. The van der Waals surface area contributed by atoms with Crippen molar-refractivity contribution >= 4 is 0 Å². The largest absolute Gasteiger partial charge is 0.487 e. The Hall–Kier alpha value is -1.53. The van der Waals surface area contributed by atoms with Crippen LogP contribution in [0, 0.1) is 11.3 Å². The van der Waals surface area contributed by atoms with E-state index >= 15 is 0 Å². The molecule has 1 aromatic rings. The zero-order valence-electron chi connectivity index (χ0n) is 8.82. The third-order valence-electron chi connectivity index (χ3n) is 2.59. The number of hydrogen-bond donors (Lipinski definition) is 1. The fourth-order valence-electron chi connectivity index (χ4n) is 2.04. The third-order valence-corrected chi connectivity index (χ3v) is 2.59. The van der Waals surface area contributed by atoms with E-state index in [1.54, 1.807) is 18.2 Å². The number of rotatable bonds is 0. The van der Waals surface area contributed by atoms with Gasteiger partial charge in [0, 0.05) is 12.0 Å². The SMILES string of the molecule is CC1(C)CC(O)(C#N)c2ccccc2O1. The Morgan fingerprint density at radius 1 is 1.40 bits per heavy atom. The number of nitrogens with zero attached hydrogens (tertiary/aromatic N) is 1. The summed E-state index contributed by atoms with van der Waals surface area (Å²) >= 11 is 0. The van der Waals surface area contributed by atoms with Gasteiger partial charge in [0.1, 0.15) is 17.4 Å². The van der Waals surface area contributed by atoms with Crippen molar-refractivity contribution in [3.63, 3.8) is 0 Å². The van der Waals surface area contributed by atoms with E-state index in [0.29, 0.717) is 11.3 Å². The van der Waals surface area contributed by atoms with Gasteiger partial charge >= 0.3 is 0 Å². The van der Waals surface area contributed by atoms with Crippen LogP contribution in [-0.4, -0.2) is 10.7 Å². The van der Waals surface area contributed by atoms with Crippen LogP contribution in [0.3, 0.4) is 0 Å². The second-order valence-corrected chi connectivity index (χ2v) is 4.51. The molecule has 1 aromatic carbocycles. The average Bonchev–Trinajstić information content (AvgIpc) is 2.16. The molecule has 3 heteroatoms. The summed E-state index contributed by atoms with van der Waals surface area (Å²) in [6.07, 6.45) is 0.285. The van der Waals surface area contributed by atoms with Crippen LogP contribution >= 0.6 is 0 Å². The lowest BCUT2D eigenvalue weighted by atomic mass is 9.81. The van der Waals surface area contributed by atoms with Gasteiger partial charge in [-0.2, -0.15) is 5.26 Å². The first kappa shape index (κ1) is 10.0. The second-order valence-electron chi connectivity index (χ2n) is 4.51. The zero-order valence-corrected chi connectivity index (χ0v) is 8.82. The highest BCUT2D eigenvalue weighted by Gasteiger charge is 2.44. The van der Waals surface area contributed by atoms with E-state index in [-0.39, 0.29) is 6.42 Å². The summed E-state index contributed by atoms with van der Waals surface area (Å²) < 4.78 is 5.71. The Morgan fingerprint density at radius 2 is 2.07 bits per heavy atom. The van der Waals surface area contributed by atoms with Crippen LogP contribution in [0.15, 0.2) is 24.3 Å². The molecule has 1 heterocycles. The first-order chi connectivity index (χ1) is 6.97. The fraction of sp³-hybridized carbons (Fsp3) is 0.417. The molecule has 0 bridgehead atoms. The van der Waals surface area contributed by atoms with E-state index in [1.807, 2.05) is 26.0 Å². The van der Waals surface area contributed by atoms with Gasteiger partial charge in [0.05, 0.1) is 0 Å². The highest BCUT2D eigenvalue weighted by Crippen LogP contribution is 2.42. The molecule has 0 radical (unpaired) electrons. The molecular formula is C12H13NO2. The molecule has 0 saturated carbocycles. The predicted octanol–water partition coefficient (Wildman–Crippen LogP) is 1.96. The van der Waals surface area contributed by atoms with E-state index in [9.17, 15) is 5.11 Å². The lowest BCUT2D eigenvalue weighted by molar-refractivity contribution is -0.0286. The van der Waals surface area contributed by atoms with Crippen molar-refractivity contribution in [2.75, 3.05) is 0 Å². The summed E-state index contributed by atoms with van der Waals surface area (Å²) in [7, 11) is 0. The van der Waals surface area contributed by atoms with Crippen molar-refractivity contribution in [1.82, 2.24) is 0 Å². The Bertz CT molecular complexity index is 433. The van der Waals surface area contributed by atoms with Crippen LogP contribution in [0.2, 0.25) is 0 Å². The molecule has 15 heavy (non-hydrogen) atoms. The number of aliphatic hydroxyl groups is 1. The standard InChI is InChI=1S/C12H13NO2/c1-11(2)7-12(14,8-13)9-5-3-4-6-10(9)15-11/h3-6,14H,7H2,1-2H3. The molecule has 1 unspecified atom stereocenters. The summed E-state index contributed by atoms with van der Waals surface area (Å²) in [5.74, 6) is 0.595. The van der Waals surface area contributed by atoms with Gasteiger partial charge in [-0.1, -0.05) is 18.2 Å². The van der Waals surface area contributed by atoms with Gasteiger partial charge < -0.3 is 9.84 Å². The van der Waals surface area contributed by atoms with Crippen molar-refractivity contribution in [3.05, 3.63) is 29.8 Å². The van der Waals surface area contributed by atoms with Crippen LogP contribution in [-0.2, 0) is 5.60 Å². The van der Waals surface area contributed by atoms with E-state index in [1.165, 1.54) is 0 Å². The zero-order chi connectivity index (χ0) is 11.1. The lowest BCUT2D eigenvalue weighted by Crippen LogP contribution is -2.43. The van der Waals surface area contributed by atoms with Crippen LogP contribution in [0.4, 0.5) is 0 Å². The number of nitriles is 1. The van der Waals surface area contributed by atoms with Gasteiger partial charge in [-0.15, -0.1) is 0 Å². The van der Waals surface area contributed by atoms with Crippen molar-refractivity contribution < 1.29 is 9.84 Å². The smallest absolute Gasteiger partial charge is 0.184 e. The van der Waals surface area contributed by atoms with Gasteiger partial charge in [-0.25, -0.2) is 0 Å². The molecule has 0 aromatic heterocycles. The van der Waals surface area contributed by atoms with Crippen molar-refractivity contribution in [3.8, 4) is 11.8 Å². The molecule has 2 rings (SSSR count). The van der Waals surface area contributed by atoms with Crippen LogP contribution < -0.4 is 4.74 Å². The van der Waals surface area contributed by atoms with Gasteiger partial charge in [0.15, 0.2) is 5.60 Å². The molecule has 0 fully saturated rings. The number of para-hydroxylation sites is 1. The number of fused-ring (bicyclic) bond motifs is 1. The number of hydrogen-bond acceptors (Lipinski definition) is 3. The fourth-order valence-corrected chi connectivity index (χ4v) is 2.04. The molecule has 0 aliphatic carbocycles. The minimum atomic E-state index is -1.43. The van der Waals surface area contributed by atoms with Crippen LogP contribution in [0.1, 0.15) is 25.8 Å². The van der Waals surface area contributed by atoms with Gasteiger partial charge in [-0.3, -0.25) is 0 Å². The Balaban J connectivity index is 2.59. The Morgan fingerprint density at radius 3 is 2.73 bits per heavy atom. The Kier molecular flexibility index (Phi) is 1.99. The van der Waals surface area contributed by atoms with Crippen molar-refractivity contribution in [1.29, 1.82) is 5.26 Å². The number of benzene rings is 1. The molecule has 78 valence electrons. The highest BCUT2D eigenvalue weighted by molar-refractivity contribution is 5.44. The summed E-state index contributed by atoms with van der Waals surface area (Å²) in [5, 5.41) is 19.3. The highest BCUT2D eigenvalue weighted by atomic mass is 16.5. The maximum Gasteiger partial charge on any atom is 0.184 e. The first-order valence-corrected chi connectivity index (χ1v) is 4.89. The van der Waals surface area contributed by atoms with E-state index < -0.39 is 11.2 Å². The molecule has 1 atom stereocenters. The van der Waals surface area contributed by atoms with Crippen molar-refractivity contribution in [2.24, 2.45) is 0 Å². The molecule has 0 spiro atoms. The van der Waals surface area contributed by atoms with Crippen LogP contribution in [0.5, 0.6) is 5.75 Å². The number of ether oxygens (including phenoxy) is 1. The van der Waals surface area contributed by atoms with Gasteiger partial charge in [0.2, 0.25) is 0 Å². The predicted molar refractivity (Wildman–Crippen MR) is 55.3 cm³/mol. The summed E-state index contributed by atoms with van der Waals surface area (Å²) in [4.78, 5) is 0. The van der Waals surface area contributed by atoms with E-state index in [0.717, 1.165) is 0 Å². The first-order valence-electron chi connectivity index (χ1n) is 4.89. The van der Waals surface area contributed by atoms with Crippen LogP contribution in [0.25, 0.3) is 0 Å². The normalized spacial score (nSPS) is 27.3. The monoisotopic (exact) mass is 203 g/mol. The van der Waals surface area contributed by atoms with Gasteiger partial charge in [0.25, 0.3) is 0 Å². The maximum absolute atomic E-state index is 10.2. The molecule has 0 saturated heterocycles. The van der Waals surface area contributed by atoms with E-state index in [4.69, 9.17) is 10.00 Å². The topological polar surface area (TPSA) is 53.2 Å². The molecule has 1 aliphatic heterocycles. The molecule has 1 N–H and O–H groups in total. The second kappa shape index (κ2) is 2.98. The summed E-state index contributed by atoms with van der Waals surface area (Å²) in [6.45, 7) is 3.73. The lowest BCUT2D eigenvalue weighted by Gasteiger charge is -2.39. The molecular weight excluding hydrogens is 190 g/mol. The average molecular weight is 203 g/mol. The third kappa shape index (κ3) is 1.57. The van der Waals surface area contributed by atoms with E-state index in [2.05, 4.69) is 0 Å². The van der Waals surface area contributed by atoms with Crippen molar-refractivity contribution in [2.45, 2.75) is 31.5 Å². The Labute approximate surface area is 88.9 Å². The molecule has 0 amide bonds.